The van der Waals surface area contributed by atoms with Crippen molar-refractivity contribution in [1.29, 1.82) is 0 Å². The minimum absolute atomic E-state index is 0.552. The van der Waals surface area contributed by atoms with Crippen molar-refractivity contribution in [3.8, 4) is 66.8 Å². The Morgan fingerprint density at radius 2 is 0.378 bits per heavy atom. The Kier molecular flexibility index (Phi) is 11.3. The van der Waals surface area contributed by atoms with Crippen molar-refractivity contribution in [2.45, 2.75) is 0 Å². The molecule has 0 saturated carbocycles. The standard InChI is InChI=1S/C68H40O6/c69-35-41-5-17-47(18-6-41)55-29-61-53-3-1-2-4-54(53)67-65-33-59(51-25-13-45(39-73)14-26-51)56(48-19-7-42(36-70)8-20-48)30-62(65)63-31-57(49-21-9-43(37-71)10-22-49)60(52-27-15-46(40-74)16-28-52)34-66(63)68(67)64(61)32-58(55)50-23-11-44(38-72)12-24-50/h1-40H. The van der Waals surface area contributed by atoms with E-state index in [-0.39, 0.29) is 0 Å². The molecule has 0 amide bonds. The number of fused-ring (bicyclic) bond motifs is 11. The van der Waals surface area contributed by atoms with E-state index in [9.17, 15) is 28.8 Å². The predicted octanol–water partition coefficient (Wildman–Crippen LogP) is 16.3. The molecule has 12 rings (SSSR count). The molecule has 348 valence electrons. The van der Waals surface area contributed by atoms with E-state index in [0.29, 0.717) is 33.4 Å². The number of benzene rings is 12. The van der Waals surface area contributed by atoms with Gasteiger partial charge in [-0.05, 0) is 157 Å². The van der Waals surface area contributed by atoms with Crippen LogP contribution in [-0.2, 0) is 0 Å². The zero-order chi connectivity index (χ0) is 50.5. The van der Waals surface area contributed by atoms with Crippen LogP contribution in [0.1, 0.15) is 62.1 Å². The molecular formula is C68H40O6. The minimum atomic E-state index is 0.552. The summed E-state index contributed by atoms with van der Waals surface area (Å²) in [6.07, 6.45) is 5.03. The summed E-state index contributed by atoms with van der Waals surface area (Å²) in [6.45, 7) is 0. The van der Waals surface area contributed by atoms with Gasteiger partial charge in [0, 0.05) is 33.4 Å². The highest BCUT2D eigenvalue weighted by molar-refractivity contribution is 6.41. The third-order valence-corrected chi connectivity index (χ3v) is 14.5. The van der Waals surface area contributed by atoms with E-state index in [0.717, 1.165) is 158 Å². The molecular weight excluding hydrogens is 913 g/mol. The summed E-state index contributed by atoms with van der Waals surface area (Å²) in [5, 5.41) is 10.0. The summed E-state index contributed by atoms with van der Waals surface area (Å²) in [7, 11) is 0. The van der Waals surface area contributed by atoms with Gasteiger partial charge in [0.25, 0.3) is 0 Å². The molecule has 0 spiro atoms. The monoisotopic (exact) mass is 952 g/mol. The van der Waals surface area contributed by atoms with Crippen LogP contribution in [-0.4, -0.2) is 37.7 Å². The highest BCUT2D eigenvalue weighted by Gasteiger charge is 2.23. The first-order valence-corrected chi connectivity index (χ1v) is 24.1. The summed E-state index contributed by atoms with van der Waals surface area (Å²) >= 11 is 0. The number of carbonyl (C=O) groups excluding carboxylic acids is 6. The Balaban J connectivity index is 1.32. The number of carbonyl (C=O) groups is 6. The van der Waals surface area contributed by atoms with Gasteiger partial charge in [-0.1, -0.05) is 170 Å². The fraction of sp³-hybridized carbons (Fsp3) is 0. The molecule has 6 nitrogen and oxygen atoms in total. The van der Waals surface area contributed by atoms with Crippen molar-refractivity contribution in [2.24, 2.45) is 0 Å². The van der Waals surface area contributed by atoms with E-state index in [1.807, 2.05) is 146 Å². The Bertz CT molecular complexity index is 4230. The van der Waals surface area contributed by atoms with Gasteiger partial charge in [0.05, 0.1) is 0 Å². The summed E-state index contributed by atoms with van der Waals surface area (Å²) in [4.78, 5) is 71.8. The molecule has 0 heterocycles. The number of rotatable bonds is 12. The SMILES string of the molecule is O=Cc1ccc(-c2cc3c4cc(-c5ccc(C=O)cc5)c(-c5ccc(C=O)cc5)cc4c4c5cc(-c6ccc(C=O)cc6)c(-c6ccc(C=O)cc6)cc5c5ccccc5c4c3cc2-c2ccc(C=O)cc2)cc1. The smallest absolute Gasteiger partial charge is 0.150 e. The molecule has 0 bridgehead atoms. The van der Waals surface area contributed by atoms with Crippen molar-refractivity contribution in [2.75, 3.05) is 0 Å². The van der Waals surface area contributed by atoms with E-state index in [1.54, 1.807) is 0 Å². The molecule has 0 saturated heterocycles. The van der Waals surface area contributed by atoms with Crippen LogP contribution in [0.15, 0.2) is 206 Å². The highest BCUT2D eigenvalue weighted by Crippen LogP contribution is 2.51. The van der Waals surface area contributed by atoms with Gasteiger partial charge in [-0.15, -0.1) is 0 Å². The topological polar surface area (TPSA) is 102 Å². The van der Waals surface area contributed by atoms with Gasteiger partial charge in [-0.2, -0.15) is 0 Å². The van der Waals surface area contributed by atoms with Gasteiger partial charge < -0.3 is 0 Å². The fourth-order valence-corrected chi connectivity index (χ4v) is 10.7. The van der Waals surface area contributed by atoms with Crippen LogP contribution in [0.5, 0.6) is 0 Å². The molecule has 12 aromatic carbocycles. The lowest BCUT2D eigenvalue weighted by Gasteiger charge is -2.22. The first-order valence-electron chi connectivity index (χ1n) is 24.1. The van der Waals surface area contributed by atoms with E-state index in [2.05, 4.69) is 60.7 Å². The van der Waals surface area contributed by atoms with Gasteiger partial charge >= 0.3 is 0 Å². The second kappa shape index (κ2) is 18.6. The van der Waals surface area contributed by atoms with E-state index in [4.69, 9.17) is 0 Å². The predicted molar refractivity (Wildman–Crippen MR) is 299 cm³/mol. The van der Waals surface area contributed by atoms with Crippen molar-refractivity contribution in [3.63, 3.8) is 0 Å². The maximum absolute atomic E-state index is 12.0. The van der Waals surface area contributed by atoms with Crippen molar-refractivity contribution in [3.05, 3.63) is 240 Å². The third kappa shape index (κ3) is 7.70. The number of aldehydes is 6. The van der Waals surface area contributed by atoms with E-state index < -0.39 is 0 Å². The molecule has 0 fully saturated rings. The maximum atomic E-state index is 12.0. The lowest BCUT2D eigenvalue weighted by atomic mass is 9.81. The first kappa shape index (κ1) is 45.1. The normalized spacial score (nSPS) is 11.3. The van der Waals surface area contributed by atoms with Crippen LogP contribution in [0.2, 0.25) is 0 Å². The number of hydrogen-bond donors (Lipinski definition) is 0. The van der Waals surface area contributed by atoms with Crippen LogP contribution >= 0.6 is 0 Å². The van der Waals surface area contributed by atoms with Gasteiger partial charge in [-0.25, -0.2) is 0 Å². The lowest BCUT2D eigenvalue weighted by molar-refractivity contribution is 0.111. The summed E-state index contributed by atoms with van der Waals surface area (Å²) in [5.41, 5.74) is 14.3. The lowest BCUT2D eigenvalue weighted by Crippen LogP contribution is -1.95. The second-order valence-corrected chi connectivity index (χ2v) is 18.6. The maximum Gasteiger partial charge on any atom is 0.150 e. The third-order valence-electron chi connectivity index (χ3n) is 14.5. The van der Waals surface area contributed by atoms with Crippen LogP contribution in [0.3, 0.4) is 0 Å². The second-order valence-electron chi connectivity index (χ2n) is 18.6. The van der Waals surface area contributed by atoms with E-state index in [1.165, 1.54) is 0 Å². The van der Waals surface area contributed by atoms with Crippen molar-refractivity contribution < 1.29 is 28.8 Å². The first-order chi connectivity index (χ1) is 36.4. The number of hydrogen-bond acceptors (Lipinski definition) is 6. The molecule has 0 atom stereocenters. The van der Waals surface area contributed by atoms with Gasteiger partial charge in [0.15, 0.2) is 0 Å². The van der Waals surface area contributed by atoms with E-state index >= 15 is 0 Å². The average molecular weight is 953 g/mol. The summed E-state index contributed by atoms with van der Waals surface area (Å²) in [5.74, 6) is 0. The van der Waals surface area contributed by atoms with Crippen molar-refractivity contribution >= 4 is 91.6 Å². The molecule has 0 aliphatic rings. The Labute approximate surface area is 424 Å². The quantitative estimate of drug-likeness (QED) is 0.0893. The fourth-order valence-electron chi connectivity index (χ4n) is 10.7. The van der Waals surface area contributed by atoms with Crippen LogP contribution < -0.4 is 0 Å². The molecule has 12 aromatic rings. The molecule has 0 radical (unpaired) electrons. The molecule has 0 aromatic heterocycles. The van der Waals surface area contributed by atoms with Gasteiger partial charge in [-0.3, -0.25) is 28.8 Å². The minimum Gasteiger partial charge on any atom is -0.298 e. The zero-order valence-electron chi connectivity index (χ0n) is 39.5. The molecule has 6 heteroatoms. The average Bonchev–Trinajstić information content (AvgIpc) is 3.49. The largest absolute Gasteiger partial charge is 0.298 e. The van der Waals surface area contributed by atoms with Gasteiger partial charge in [0.2, 0.25) is 0 Å². The Hall–Kier alpha value is -10.0. The highest BCUT2D eigenvalue weighted by atomic mass is 16.1. The van der Waals surface area contributed by atoms with Gasteiger partial charge in [0.1, 0.15) is 37.7 Å². The van der Waals surface area contributed by atoms with Crippen LogP contribution in [0, 0.1) is 0 Å². The molecule has 0 N–H and O–H groups in total. The summed E-state index contributed by atoms with van der Waals surface area (Å²) in [6, 6.07) is 67.5. The zero-order valence-corrected chi connectivity index (χ0v) is 39.5. The molecule has 0 aliphatic heterocycles. The molecule has 0 unspecified atom stereocenters. The summed E-state index contributed by atoms with van der Waals surface area (Å²) < 4.78 is 0. The van der Waals surface area contributed by atoms with Crippen LogP contribution in [0.4, 0.5) is 0 Å². The molecule has 0 aliphatic carbocycles. The van der Waals surface area contributed by atoms with Crippen LogP contribution in [0.25, 0.3) is 121 Å². The Morgan fingerprint density at radius 3 is 0.608 bits per heavy atom. The van der Waals surface area contributed by atoms with Crippen molar-refractivity contribution in [1.82, 2.24) is 0 Å². The molecule has 74 heavy (non-hydrogen) atoms. The Morgan fingerprint density at radius 1 is 0.189 bits per heavy atom.